The van der Waals surface area contributed by atoms with Gasteiger partial charge in [-0.05, 0) is 43.9 Å². The van der Waals surface area contributed by atoms with Crippen LogP contribution in [0.2, 0.25) is 0 Å². The normalized spacial score (nSPS) is 17.9. The summed E-state index contributed by atoms with van der Waals surface area (Å²) in [6.07, 6.45) is 3.00. The molecule has 0 bridgehead atoms. The highest BCUT2D eigenvalue weighted by molar-refractivity contribution is 7.89. The van der Waals surface area contributed by atoms with Crippen LogP contribution in [0.1, 0.15) is 30.4 Å². The minimum absolute atomic E-state index is 0.354. The molecule has 1 aliphatic heterocycles. The zero-order chi connectivity index (χ0) is 13.3. The second-order valence-electron chi connectivity index (χ2n) is 4.88. The predicted octanol–water partition coefficient (Wildman–Crippen LogP) is 2.06. The summed E-state index contributed by atoms with van der Waals surface area (Å²) in [5.74, 6) is 0. The Balaban J connectivity index is 2.44. The van der Waals surface area contributed by atoms with E-state index in [-0.39, 0.29) is 0 Å². The van der Waals surface area contributed by atoms with Crippen molar-refractivity contribution < 1.29 is 8.42 Å². The average Bonchev–Trinajstić information content (AvgIpc) is 2.37. The van der Waals surface area contributed by atoms with Crippen molar-refractivity contribution in [3.05, 3.63) is 23.3 Å². The smallest absolute Gasteiger partial charge is 0.243 e. The fourth-order valence-corrected chi connectivity index (χ4v) is 4.12. The quantitative estimate of drug-likeness (QED) is 0.835. The molecule has 0 radical (unpaired) electrons. The van der Waals surface area contributed by atoms with E-state index in [0.717, 1.165) is 24.8 Å². The van der Waals surface area contributed by atoms with E-state index < -0.39 is 10.0 Å². The van der Waals surface area contributed by atoms with Crippen molar-refractivity contribution in [2.24, 2.45) is 0 Å². The minimum Gasteiger partial charge on any atom is -0.398 e. The summed E-state index contributed by atoms with van der Waals surface area (Å²) < 4.78 is 26.7. The Hall–Kier alpha value is -1.07. The van der Waals surface area contributed by atoms with E-state index in [2.05, 4.69) is 0 Å². The Morgan fingerprint density at radius 1 is 1.11 bits per heavy atom. The van der Waals surface area contributed by atoms with Gasteiger partial charge in [-0.3, -0.25) is 0 Å². The Morgan fingerprint density at radius 2 is 1.72 bits per heavy atom. The zero-order valence-corrected chi connectivity index (χ0v) is 11.8. The molecule has 0 aromatic heterocycles. The van der Waals surface area contributed by atoms with E-state index in [1.165, 1.54) is 0 Å². The molecule has 1 saturated heterocycles. The Kier molecular flexibility index (Phi) is 3.64. The van der Waals surface area contributed by atoms with Crippen LogP contribution >= 0.6 is 0 Å². The molecule has 0 unspecified atom stereocenters. The molecule has 18 heavy (non-hydrogen) atoms. The highest BCUT2D eigenvalue weighted by Crippen LogP contribution is 2.28. The zero-order valence-electron chi connectivity index (χ0n) is 10.9. The van der Waals surface area contributed by atoms with Crippen LogP contribution in [0, 0.1) is 13.8 Å². The highest BCUT2D eigenvalue weighted by Gasteiger charge is 2.27. The Labute approximate surface area is 109 Å². The van der Waals surface area contributed by atoms with Crippen LogP contribution in [0.5, 0.6) is 0 Å². The number of rotatable bonds is 2. The third-order valence-electron chi connectivity index (χ3n) is 3.62. The molecular formula is C13H20N2O2S. The first-order valence-electron chi connectivity index (χ1n) is 6.30. The molecular weight excluding hydrogens is 248 g/mol. The third-order valence-corrected chi connectivity index (χ3v) is 5.66. The molecule has 1 aromatic rings. The van der Waals surface area contributed by atoms with Gasteiger partial charge in [-0.2, -0.15) is 4.31 Å². The van der Waals surface area contributed by atoms with Gasteiger partial charge < -0.3 is 5.73 Å². The molecule has 100 valence electrons. The number of hydrogen-bond donors (Lipinski definition) is 1. The molecule has 5 heteroatoms. The van der Waals surface area contributed by atoms with Crippen LogP contribution in [0.4, 0.5) is 5.69 Å². The molecule has 0 spiro atoms. The predicted molar refractivity (Wildman–Crippen MR) is 72.9 cm³/mol. The van der Waals surface area contributed by atoms with E-state index in [1.807, 2.05) is 6.92 Å². The number of piperidine rings is 1. The third kappa shape index (κ3) is 2.24. The first-order chi connectivity index (χ1) is 8.44. The lowest BCUT2D eigenvalue weighted by Gasteiger charge is -2.27. The fourth-order valence-electron chi connectivity index (χ4n) is 2.37. The van der Waals surface area contributed by atoms with Crippen molar-refractivity contribution in [1.29, 1.82) is 0 Å². The molecule has 0 amide bonds. The van der Waals surface area contributed by atoms with Crippen molar-refractivity contribution >= 4 is 15.7 Å². The molecule has 1 heterocycles. The molecule has 1 aliphatic rings. The summed E-state index contributed by atoms with van der Waals surface area (Å²) in [6.45, 7) is 4.91. The second kappa shape index (κ2) is 4.90. The molecule has 0 saturated carbocycles. The number of anilines is 1. The maximum Gasteiger partial charge on any atom is 0.243 e. The lowest BCUT2D eigenvalue weighted by Crippen LogP contribution is -2.36. The van der Waals surface area contributed by atoms with E-state index in [1.54, 1.807) is 23.4 Å². The summed E-state index contributed by atoms with van der Waals surface area (Å²) in [7, 11) is -3.38. The highest BCUT2D eigenvalue weighted by atomic mass is 32.2. The van der Waals surface area contributed by atoms with Crippen LogP contribution in [0.25, 0.3) is 0 Å². The molecule has 2 N–H and O–H groups in total. The Bertz CT molecular complexity index is 546. The van der Waals surface area contributed by atoms with Gasteiger partial charge >= 0.3 is 0 Å². The van der Waals surface area contributed by atoms with Gasteiger partial charge in [-0.15, -0.1) is 0 Å². The van der Waals surface area contributed by atoms with Gasteiger partial charge in [-0.25, -0.2) is 8.42 Å². The number of benzene rings is 1. The topological polar surface area (TPSA) is 63.4 Å². The van der Waals surface area contributed by atoms with Gasteiger partial charge in [0.2, 0.25) is 10.0 Å². The monoisotopic (exact) mass is 268 g/mol. The van der Waals surface area contributed by atoms with E-state index in [4.69, 9.17) is 5.73 Å². The van der Waals surface area contributed by atoms with Crippen LogP contribution < -0.4 is 5.73 Å². The molecule has 1 aromatic carbocycles. The number of nitrogens with zero attached hydrogens (tertiary/aromatic N) is 1. The molecule has 0 atom stereocenters. The molecule has 0 aliphatic carbocycles. The summed E-state index contributed by atoms with van der Waals surface area (Å²) in [5, 5.41) is 0. The lowest BCUT2D eigenvalue weighted by atomic mass is 10.1. The van der Waals surface area contributed by atoms with Gasteiger partial charge in [-0.1, -0.05) is 12.5 Å². The number of nitrogens with two attached hydrogens (primary N) is 1. The van der Waals surface area contributed by atoms with Gasteiger partial charge in [0, 0.05) is 18.8 Å². The molecule has 1 fully saturated rings. The maximum absolute atomic E-state index is 12.5. The average molecular weight is 268 g/mol. The van der Waals surface area contributed by atoms with Crippen molar-refractivity contribution in [3.63, 3.8) is 0 Å². The molecule has 4 nitrogen and oxygen atoms in total. The van der Waals surface area contributed by atoms with Crippen LogP contribution in [-0.2, 0) is 10.0 Å². The van der Waals surface area contributed by atoms with Gasteiger partial charge in [0.1, 0.15) is 0 Å². The minimum atomic E-state index is -3.38. The van der Waals surface area contributed by atoms with Crippen molar-refractivity contribution in [2.45, 2.75) is 38.0 Å². The number of hydrogen-bond acceptors (Lipinski definition) is 3. The summed E-state index contributed by atoms with van der Waals surface area (Å²) >= 11 is 0. The number of aryl methyl sites for hydroxylation is 1. The fraction of sp³-hybridized carbons (Fsp3) is 0.538. The SMILES string of the molecule is Cc1ccc(S(=O)(=O)N2CCCCC2)c(C)c1N. The Morgan fingerprint density at radius 3 is 2.33 bits per heavy atom. The lowest BCUT2D eigenvalue weighted by molar-refractivity contribution is 0.346. The maximum atomic E-state index is 12.5. The standard InChI is InChI=1S/C13H20N2O2S/c1-10-6-7-12(11(2)13(10)14)18(16,17)15-8-4-3-5-9-15/h6-7H,3-5,8-9,14H2,1-2H3. The van der Waals surface area contributed by atoms with E-state index in [9.17, 15) is 8.42 Å². The first-order valence-corrected chi connectivity index (χ1v) is 7.74. The van der Waals surface area contributed by atoms with Crippen molar-refractivity contribution in [3.8, 4) is 0 Å². The largest absolute Gasteiger partial charge is 0.398 e. The van der Waals surface area contributed by atoms with Crippen LogP contribution in [0.15, 0.2) is 17.0 Å². The van der Waals surface area contributed by atoms with Crippen molar-refractivity contribution in [2.75, 3.05) is 18.8 Å². The van der Waals surface area contributed by atoms with E-state index >= 15 is 0 Å². The van der Waals surface area contributed by atoms with Crippen molar-refractivity contribution in [1.82, 2.24) is 4.31 Å². The summed E-state index contributed by atoms with van der Waals surface area (Å²) in [5.41, 5.74) is 8.09. The van der Waals surface area contributed by atoms with E-state index in [0.29, 0.717) is 29.2 Å². The van der Waals surface area contributed by atoms with Gasteiger partial charge in [0.05, 0.1) is 4.90 Å². The van der Waals surface area contributed by atoms with Crippen LogP contribution in [-0.4, -0.2) is 25.8 Å². The van der Waals surface area contributed by atoms with Crippen LogP contribution in [0.3, 0.4) is 0 Å². The molecule has 2 rings (SSSR count). The second-order valence-corrected chi connectivity index (χ2v) is 6.79. The number of nitrogen functional groups attached to an aromatic ring is 1. The summed E-state index contributed by atoms with van der Waals surface area (Å²) in [6, 6.07) is 3.45. The number of sulfonamides is 1. The first kappa shape index (κ1) is 13.4. The van der Waals surface area contributed by atoms with Gasteiger partial charge in [0.25, 0.3) is 0 Å². The van der Waals surface area contributed by atoms with Gasteiger partial charge in [0.15, 0.2) is 0 Å². The summed E-state index contributed by atoms with van der Waals surface area (Å²) in [4.78, 5) is 0.354.